The van der Waals surface area contributed by atoms with Gasteiger partial charge in [-0.3, -0.25) is 4.79 Å². The lowest BCUT2D eigenvalue weighted by atomic mass is 10.2. The number of nitrogens with one attached hydrogen (secondary N) is 2. The van der Waals surface area contributed by atoms with Gasteiger partial charge in [0.15, 0.2) is 0 Å². The summed E-state index contributed by atoms with van der Waals surface area (Å²) in [6.45, 7) is 4.24. The Morgan fingerprint density at radius 1 is 1.25 bits per heavy atom. The van der Waals surface area contributed by atoms with Gasteiger partial charge in [0.05, 0.1) is 11.4 Å². The zero-order valence-corrected chi connectivity index (χ0v) is 12.9. The first-order valence-corrected chi connectivity index (χ1v) is 8.02. The van der Waals surface area contributed by atoms with Crippen LogP contribution in [0.15, 0.2) is 29.0 Å². The van der Waals surface area contributed by atoms with E-state index in [-0.39, 0.29) is 17.9 Å². The molecule has 6 heteroatoms. The molecule has 106 valence electrons. The topological polar surface area (TPSA) is 58.2 Å². The first-order chi connectivity index (χ1) is 9.56. The van der Waals surface area contributed by atoms with Gasteiger partial charge in [0.2, 0.25) is 5.78 Å². The molecule has 0 atom stereocenters. The second-order valence-corrected chi connectivity index (χ2v) is 6.54. The molecule has 0 fully saturated rings. The van der Waals surface area contributed by atoms with Crippen LogP contribution in [0, 0.1) is 0 Å². The first-order valence-electron chi connectivity index (χ1n) is 6.26. The largest absolute Gasteiger partial charge is 0.336 e. The number of carbonyl (C=O) groups excluding carboxylic acids is 2. The minimum atomic E-state index is -0.195. The fraction of sp³-hybridized carbons (Fsp3) is 0.286. The summed E-state index contributed by atoms with van der Waals surface area (Å²) >= 11 is 2.92. The summed E-state index contributed by atoms with van der Waals surface area (Å²) in [4.78, 5) is 25.3. The summed E-state index contributed by atoms with van der Waals surface area (Å²) in [5, 5.41) is 9.25. The molecule has 0 aliphatic rings. The van der Waals surface area contributed by atoms with Crippen molar-refractivity contribution in [3.63, 3.8) is 0 Å². The molecule has 2 heterocycles. The summed E-state index contributed by atoms with van der Waals surface area (Å²) in [6, 6.07) is 5.41. The Morgan fingerprint density at radius 3 is 2.70 bits per heavy atom. The second-order valence-electron chi connectivity index (χ2n) is 4.59. The van der Waals surface area contributed by atoms with E-state index in [1.165, 1.54) is 22.7 Å². The maximum atomic E-state index is 12.1. The molecule has 0 radical (unpaired) electrons. The third-order valence-corrected chi connectivity index (χ3v) is 4.28. The van der Waals surface area contributed by atoms with E-state index in [9.17, 15) is 9.59 Å². The number of rotatable bonds is 5. The van der Waals surface area contributed by atoms with Crippen LogP contribution in [-0.2, 0) is 6.54 Å². The number of ketones is 1. The van der Waals surface area contributed by atoms with Gasteiger partial charge in [-0.25, -0.2) is 4.79 Å². The van der Waals surface area contributed by atoms with Crippen LogP contribution in [0.4, 0.5) is 4.79 Å². The second kappa shape index (κ2) is 6.67. The number of hydrogen-bond donors (Lipinski definition) is 2. The normalized spacial score (nSPS) is 10.6. The quantitative estimate of drug-likeness (QED) is 0.833. The minimum Gasteiger partial charge on any atom is -0.336 e. The highest BCUT2D eigenvalue weighted by Gasteiger charge is 2.12. The number of thiophene rings is 2. The Balaban J connectivity index is 1.93. The zero-order chi connectivity index (χ0) is 14.5. The molecule has 2 aromatic rings. The van der Waals surface area contributed by atoms with E-state index in [4.69, 9.17) is 0 Å². The van der Waals surface area contributed by atoms with Crippen molar-refractivity contribution in [1.82, 2.24) is 10.6 Å². The summed E-state index contributed by atoms with van der Waals surface area (Å²) in [5.74, 6) is 0.0362. The van der Waals surface area contributed by atoms with Gasteiger partial charge >= 0.3 is 6.03 Å². The Hall–Kier alpha value is -1.66. The van der Waals surface area contributed by atoms with Gasteiger partial charge in [0.1, 0.15) is 0 Å². The maximum Gasteiger partial charge on any atom is 0.315 e. The molecule has 4 nitrogen and oxygen atoms in total. The van der Waals surface area contributed by atoms with Crippen LogP contribution in [0.25, 0.3) is 0 Å². The summed E-state index contributed by atoms with van der Waals surface area (Å²) in [5.41, 5.74) is 0.717. The van der Waals surface area contributed by atoms with E-state index in [0.717, 1.165) is 4.88 Å². The average Bonchev–Trinajstić information content (AvgIpc) is 3.06. The lowest BCUT2D eigenvalue weighted by molar-refractivity contribution is 0.104. The van der Waals surface area contributed by atoms with E-state index in [1.54, 1.807) is 0 Å². The van der Waals surface area contributed by atoms with Crippen molar-refractivity contribution >= 4 is 34.5 Å². The monoisotopic (exact) mass is 308 g/mol. The highest BCUT2D eigenvalue weighted by molar-refractivity contribution is 7.14. The fourth-order valence-corrected chi connectivity index (χ4v) is 3.16. The number of urea groups is 1. The Morgan fingerprint density at radius 2 is 2.05 bits per heavy atom. The summed E-state index contributed by atoms with van der Waals surface area (Å²) in [7, 11) is 0. The van der Waals surface area contributed by atoms with Crippen molar-refractivity contribution in [2.24, 2.45) is 0 Å². The van der Waals surface area contributed by atoms with Crippen LogP contribution in [-0.4, -0.2) is 17.9 Å². The molecule has 0 saturated heterocycles. The predicted octanol–water partition coefficient (Wildman–Crippen LogP) is 3.25. The smallest absolute Gasteiger partial charge is 0.315 e. The Kier molecular flexibility index (Phi) is 4.92. The van der Waals surface area contributed by atoms with Crippen LogP contribution < -0.4 is 10.6 Å². The SMILES string of the molecule is CC(C)NC(=O)NCc1ccc(C(=O)c2ccsc2)s1. The van der Waals surface area contributed by atoms with E-state index >= 15 is 0 Å². The first kappa shape index (κ1) is 14.7. The van der Waals surface area contributed by atoms with Gasteiger partial charge in [0.25, 0.3) is 0 Å². The van der Waals surface area contributed by atoms with Crippen LogP contribution in [0.3, 0.4) is 0 Å². The molecule has 2 N–H and O–H groups in total. The van der Waals surface area contributed by atoms with E-state index in [1.807, 2.05) is 42.8 Å². The molecule has 0 saturated carbocycles. The molecule has 2 amide bonds. The number of hydrogen-bond acceptors (Lipinski definition) is 4. The van der Waals surface area contributed by atoms with Crippen molar-refractivity contribution < 1.29 is 9.59 Å². The van der Waals surface area contributed by atoms with Crippen molar-refractivity contribution in [2.75, 3.05) is 0 Å². The standard InChI is InChI=1S/C14H16N2O2S2/c1-9(2)16-14(18)15-7-11-3-4-12(20-11)13(17)10-5-6-19-8-10/h3-6,8-9H,7H2,1-2H3,(H2,15,16,18). The fourth-order valence-electron chi connectivity index (χ4n) is 1.61. The Bertz CT molecular complexity index is 588. The number of amides is 2. The minimum absolute atomic E-state index is 0.0362. The van der Waals surface area contributed by atoms with E-state index in [0.29, 0.717) is 17.0 Å². The highest BCUT2D eigenvalue weighted by Crippen LogP contribution is 2.21. The van der Waals surface area contributed by atoms with Gasteiger partial charge in [-0.15, -0.1) is 11.3 Å². The van der Waals surface area contributed by atoms with Crippen molar-refractivity contribution in [1.29, 1.82) is 0 Å². The molecule has 2 aromatic heterocycles. The van der Waals surface area contributed by atoms with Gasteiger partial charge in [0, 0.05) is 21.9 Å². The molecule has 0 unspecified atom stereocenters. The Labute approximate surface area is 125 Å². The summed E-state index contributed by atoms with van der Waals surface area (Å²) in [6.07, 6.45) is 0. The van der Waals surface area contributed by atoms with Gasteiger partial charge in [-0.1, -0.05) is 0 Å². The molecule has 2 rings (SSSR count). The lowest BCUT2D eigenvalue weighted by Gasteiger charge is -2.08. The molecule has 0 spiro atoms. The molecule has 0 aliphatic carbocycles. The molecule has 20 heavy (non-hydrogen) atoms. The van der Waals surface area contributed by atoms with Gasteiger partial charge in [-0.2, -0.15) is 11.3 Å². The van der Waals surface area contributed by atoms with Crippen molar-refractivity contribution in [2.45, 2.75) is 26.4 Å². The van der Waals surface area contributed by atoms with E-state index in [2.05, 4.69) is 10.6 Å². The van der Waals surface area contributed by atoms with Gasteiger partial charge < -0.3 is 10.6 Å². The maximum absolute atomic E-state index is 12.1. The van der Waals surface area contributed by atoms with Gasteiger partial charge in [-0.05, 0) is 37.4 Å². The molecular weight excluding hydrogens is 292 g/mol. The predicted molar refractivity (Wildman–Crippen MR) is 82.6 cm³/mol. The number of carbonyl (C=O) groups is 2. The third-order valence-electron chi connectivity index (χ3n) is 2.51. The van der Waals surface area contributed by atoms with E-state index < -0.39 is 0 Å². The molecule has 0 bridgehead atoms. The average molecular weight is 308 g/mol. The molecule has 0 aromatic carbocycles. The molecular formula is C14H16N2O2S2. The zero-order valence-electron chi connectivity index (χ0n) is 11.3. The molecule has 0 aliphatic heterocycles. The lowest BCUT2D eigenvalue weighted by Crippen LogP contribution is -2.38. The third kappa shape index (κ3) is 3.91. The highest BCUT2D eigenvalue weighted by atomic mass is 32.1. The van der Waals surface area contributed by atoms with Crippen LogP contribution in [0.1, 0.15) is 34.0 Å². The summed E-state index contributed by atoms with van der Waals surface area (Å²) < 4.78 is 0. The van der Waals surface area contributed by atoms with Crippen molar-refractivity contribution in [3.8, 4) is 0 Å². The van der Waals surface area contributed by atoms with Crippen LogP contribution in [0.2, 0.25) is 0 Å². The van der Waals surface area contributed by atoms with Crippen LogP contribution >= 0.6 is 22.7 Å². The van der Waals surface area contributed by atoms with Crippen molar-refractivity contribution in [3.05, 3.63) is 44.3 Å². The van der Waals surface area contributed by atoms with Crippen LogP contribution in [0.5, 0.6) is 0 Å².